The van der Waals surface area contributed by atoms with Crippen molar-refractivity contribution >= 4 is 11.3 Å². The van der Waals surface area contributed by atoms with Gasteiger partial charge in [-0.25, -0.2) is 4.98 Å². The molecule has 0 fully saturated rings. The molecule has 0 atom stereocenters. The minimum absolute atomic E-state index is 0.204. The van der Waals surface area contributed by atoms with Gasteiger partial charge in [0.15, 0.2) is 0 Å². The molecule has 2 aromatic heterocycles. The van der Waals surface area contributed by atoms with E-state index >= 15 is 0 Å². The molecule has 0 aliphatic rings. The van der Waals surface area contributed by atoms with Crippen molar-refractivity contribution in [3.8, 4) is 16.3 Å². The highest BCUT2D eigenvalue weighted by atomic mass is 32.1. The zero-order valence-corrected chi connectivity index (χ0v) is 13.6. The number of nitrogens with zero attached hydrogens (tertiary/aromatic N) is 1. The van der Waals surface area contributed by atoms with Gasteiger partial charge in [0.2, 0.25) is 5.88 Å². The van der Waals surface area contributed by atoms with Crippen LogP contribution in [0.1, 0.15) is 46.1 Å². The predicted molar refractivity (Wildman–Crippen MR) is 86.5 cm³/mol. The molecule has 0 aliphatic heterocycles. The monoisotopic (exact) mass is 289 g/mol. The maximum absolute atomic E-state index is 5.74. The number of ether oxygens (including phenoxy) is 1. The zero-order valence-electron chi connectivity index (χ0n) is 12.8. The molecular weight excluding hydrogens is 266 g/mol. The number of thiophene rings is 1. The molecule has 2 nitrogen and oxygen atoms in total. The molecule has 0 aromatic carbocycles. The molecule has 0 N–H and O–H groups in total. The van der Waals surface area contributed by atoms with Gasteiger partial charge in [-0.1, -0.05) is 13.3 Å². The van der Waals surface area contributed by atoms with Crippen molar-refractivity contribution in [1.29, 1.82) is 0 Å². The van der Waals surface area contributed by atoms with Crippen LogP contribution in [0.5, 0.6) is 5.88 Å². The van der Waals surface area contributed by atoms with Gasteiger partial charge in [-0.05, 0) is 56.7 Å². The van der Waals surface area contributed by atoms with E-state index in [0.717, 1.165) is 0 Å². The minimum atomic E-state index is -0.204. The molecule has 0 spiro atoms. The second-order valence-corrected chi connectivity index (χ2v) is 6.93. The highest BCUT2D eigenvalue weighted by molar-refractivity contribution is 7.13. The first-order valence-corrected chi connectivity index (χ1v) is 8.09. The Bertz CT molecular complexity index is 537. The number of hydrogen-bond donors (Lipinski definition) is 0. The first-order chi connectivity index (χ1) is 9.48. The summed E-state index contributed by atoms with van der Waals surface area (Å²) in [6.07, 6.45) is 5.57. The Balaban J connectivity index is 2.07. The van der Waals surface area contributed by atoms with Crippen LogP contribution in [0.25, 0.3) is 10.4 Å². The number of rotatable bonds is 5. The number of hydrogen-bond acceptors (Lipinski definition) is 3. The van der Waals surface area contributed by atoms with E-state index in [4.69, 9.17) is 4.74 Å². The van der Waals surface area contributed by atoms with Gasteiger partial charge in [0, 0.05) is 22.7 Å². The molecule has 0 bridgehead atoms. The van der Waals surface area contributed by atoms with E-state index in [9.17, 15) is 0 Å². The number of pyridine rings is 1. The summed E-state index contributed by atoms with van der Waals surface area (Å²) in [5, 5.41) is 2.25. The second kappa shape index (κ2) is 6.40. The number of aromatic nitrogens is 1. The summed E-state index contributed by atoms with van der Waals surface area (Å²) >= 11 is 1.79. The first-order valence-electron chi connectivity index (χ1n) is 7.21. The lowest BCUT2D eigenvalue weighted by Crippen LogP contribution is -2.23. The second-order valence-electron chi connectivity index (χ2n) is 6.02. The molecular formula is C17H23NOS. The van der Waals surface area contributed by atoms with Crippen molar-refractivity contribution in [2.45, 2.75) is 52.6 Å². The fourth-order valence-electron chi connectivity index (χ4n) is 1.94. The summed E-state index contributed by atoms with van der Waals surface area (Å²) in [6.45, 7) is 8.32. The fourth-order valence-corrected chi connectivity index (χ4v) is 2.88. The Morgan fingerprint density at radius 1 is 1.25 bits per heavy atom. The summed E-state index contributed by atoms with van der Waals surface area (Å²) in [4.78, 5) is 5.68. The van der Waals surface area contributed by atoms with Gasteiger partial charge < -0.3 is 4.74 Å². The molecule has 2 heterocycles. The summed E-state index contributed by atoms with van der Waals surface area (Å²) in [7, 11) is 0. The standard InChI is InChI=1S/C17H23NOS/c1-5-6-7-13-10-15(20-12-13)14-8-9-16(18-11-14)19-17(2,3)4/h8-12H,5-7H2,1-4H3. The molecule has 108 valence electrons. The van der Waals surface area contributed by atoms with Crippen LogP contribution in [-0.2, 0) is 6.42 Å². The third-order valence-corrected chi connectivity index (χ3v) is 3.93. The number of unbranched alkanes of at least 4 members (excludes halogenated alkanes) is 1. The first kappa shape index (κ1) is 15.0. The van der Waals surface area contributed by atoms with E-state index in [2.05, 4.69) is 29.4 Å². The minimum Gasteiger partial charge on any atom is -0.472 e. The summed E-state index contributed by atoms with van der Waals surface area (Å²) in [5.41, 5.74) is 2.39. The quantitative estimate of drug-likeness (QED) is 0.742. The van der Waals surface area contributed by atoms with E-state index < -0.39 is 0 Å². The molecule has 2 rings (SSSR count). The molecule has 0 amide bonds. The van der Waals surface area contributed by atoms with Gasteiger partial charge in [-0.15, -0.1) is 11.3 Å². The van der Waals surface area contributed by atoms with E-state index in [1.165, 1.54) is 35.3 Å². The molecule has 20 heavy (non-hydrogen) atoms. The Morgan fingerprint density at radius 3 is 2.65 bits per heavy atom. The molecule has 0 saturated carbocycles. The van der Waals surface area contributed by atoms with Gasteiger partial charge >= 0.3 is 0 Å². The Labute approximate surface area is 125 Å². The van der Waals surface area contributed by atoms with Crippen LogP contribution < -0.4 is 4.74 Å². The lowest BCUT2D eigenvalue weighted by atomic mass is 10.1. The largest absolute Gasteiger partial charge is 0.472 e. The molecule has 3 heteroatoms. The lowest BCUT2D eigenvalue weighted by Gasteiger charge is -2.20. The molecule has 0 saturated heterocycles. The van der Waals surface area contributed by atoms with Gasteiger partial charge in [0.25, 0.3) is 0 Å². The van der Waals surface area contributed by atoms with Crippen molar-refractivity contribution in [3.63, 3.8) is 0 Å². The lowest BCUT2D eigenvalue weighted by molar-refractivity contribution is 0.124. The molecule has 0 unspecified atom stereocenters. The van der Waals surface area contributed by atoms with E-state index in [1.807, 2.05) is 33.0 Å². The van der Waals surface area contributed by atoms with Crippen LogP contribution >= 0.6 is 11.3 Å². The molecule has 0 radical (unpaired) electrons. The normalized spacial score (nSPS) is 11.6. The van der Waals surface area contributed by atoms with Crippen LogP contribution in [0.2, 0.25) is 0 Å². The van der Waals surface area contributed by atoms with Crippen LogP contribution in [0.15, 0.2) is 29.8 Å². The van der Waals surface area contributed by atoms with Crippen LogP contribution in [0.4, 0.5) is 0 Å². The van der Waals surface area contributed by atoms with Gasteiger partial charge in [0.1, 0.15) is 5.60 Å². The summed E-state index contributed by atoms with van der Waals surface area (Å²) in [5.74, 6) is 0.684. The van der Waals surface area contributed by atoms with Crippen LogP contribution in [-0.4, -0.2) is 10.6 Å². The average molecular weight is 289 g/mol. The van der Waals surface area contributed by atoms with Crippen molar-refractivity contribution in [3.05, 3.63) is 35.3 Å². The predicted octanol–water partition coefficient (Wildman–Crippen LogP) is 5.33. The maximum Gasteiger partial charge on any atom is 0.213 e. The van der Waals surface area contributed by atoms with Crippen molar-refractivity contribution in [2.75, 3.05) is 0 Å². The Morgan fingerprint density at radius 2 is 2.05 bits per heavy atom. The SMILES string of the molecule is CCCCc1csc(-c2ccc(OC(C)(C)C)nc2)c1. The molecule has 2 aromatic rings. The summed E-state index contributed by atoms with van der Waals surface area (Å²) < 4.78 is 5.74. The fraction of sp³-hybridized carbons (Fsp3) is 0.471. The smallest absolute Gasteiger partial charge is 0.213 e. The molecule has 0 aliphatic carbocycles. The number of aryl methyl sites for hydroxylation is 1. The topological polar surface area (TPSA) is 22.1 Å². The van der Waals surface area contributed by atoms with E-state index in [0.29, 0.717) is 5.88 Å². The van der Waals surface area contributed by atoms with Gasteiger partial charge in [-0.3, -0.25) is 0 Å². The van der Waals surface area contributed by atoms with Crippen molar-refractivity contribution < 1.29 is 4.74 Å². The zero-order chi connectivity index (χ0) is 14.6. The maximum atomic E-state index is 5.74. The van der Waals surface area contributed by atoms with Gasteiger partial charge in [0.05, 0.1) is 0 Å². The average Bonchev–Trinajstić information content (AvgIpc) is 2.84. The van der Waals surface area contributed by atoms with E-state index in [1.54, 1.807) is 11.3 Å². The van der Waals surface area contributed by atoms with E-state index in [-0.39, 0.29) is 5.60 Å². The third kappa shape index (κ3) is 4.34. The highest BCUT2D eigenvalue weighted by Gasteiger charge is 2.12. The third-order valence-electron chi connectivity index (χ3n) is 2.90. The van der Waals surface area contributed by atoms with Crippen molar-refractivity contribution in [1.82, 2.24) is 4.98 Å². The van der Waals surface area contributed by atoms with Crippen LogP contribution in [0.3, 0.4) is 0 Å². The van der Waals surface area contributed by atoms with Gasteiger partial charge in [-0.2, -0.15) is 0 Å². The van der Waals surface area contributed by atoms with Crippen LogP contribution in [0, 0.1) is 0 Å². The Hall–Kier alpha value is -1.35. The van der Waals surface area contributed by atoms with Crippen molar-refractivity contribution in [2.24, 2.45) is 0 Å². The highest BCUT2D eigenvalue weighted by Crippen LogP contribution is 2.28. The Kier molecular flexibility index (Phi) is 4.81. The summed E-state index contributed by atoms with van der Waals surface area (Å²) in [6, 6.07) is 6.32.